The number of carbonyl (C=O) groups excluding carboxylic acids is 1. The largest absolute Gasteiger partial charge is 0.326 e. The average molecular weight is 452 g/mol. The van der Waals surface area contributed by atoms with E-state index in [0.717, 1.165) is 27.1 Å². The second-order valence-corrected chi connectivity index (χ2v) is 7.77. The van der Waals surface area contributed by atoms with Gasteiger partial charge in [-0.15, -0.1) is 0 Å². The molecule has 0 bridgehead atoms. The summed E-state index contributed by atoms with van der Waals surface area (Å²) in [5.74, 6) is -0.433. The minimum absolute atomic E-state index is 0.118. The number of pyridine rings is 1. The Bertz CT molecular complexity index is 1180. The molecule has 0 aliphatic rings. The van der Waals surface area contributed by atoms with Crippen LogP contribution in [0.25, 0.3) is 16.9 Å². The number of rotatable bonds is 5. The Balaban J connectivity index is 1.59. The SMILES string of the molecule is Cc1cc(F)ccc1NC(=O)CCc1c(-c2ccc(Br)cc2)nc2ccccn12. The van der Waals surface area contributed by atoms with E-state index >= 15 is 0 Å². The summed E-state index contributed by atoms with van der Waals surface area (Å²) in [5.41, 5.74) is 5.02. The summed E-state index contributed by atoms with van der Waals surface area (Å²) in [6.07, 6.45) is 2.79. The fourth-order valence-electron chi connectivity index (χ4n) is 3.34. The third kappa shape index (κ3) is 4.22. The zero-order chi connectivity index (χ0) is 20.4. The first-order valence-electron chi connectivity index (χ1n) is 9.29. The summed E-state index contributed by atoms with van der Waals surface area (Å²) in [7, 11) is 0. The van der Waals surface area contributed by atoms with Crippen LogP contribution in [-0.2, 0) is 11.2 Å². The third-order valence-electron chi connectivity index (χ3n) is 4.80. The minimum Gasteiger partial charge on any atom is -0.326 e. The molecule has 0 spiro atoms. The van der Waals surface area contributed by atoms with Crippen LogP contribution in [0.1, 0.15) is 17.7 Å². The van der Waals surface area contributed by atoms with Crippen molar-refractivity contribution in [3.8, 4) is 11.3 Å². The highest BCUT2D eigenvalue weighted by Crippen LogP contribution is 2.27. The van der Waals surface area contributed by atoms with Gasteiger partial charge in [-0.3, -0.25) is 4.79 Å². The molecule has 4 nitrogen and oxygen atoms in total. The normalized spacial score (nSPS) is 11.0. The van der Waals surface area contributed by atoms with Crippen molar-refractivity contribution in [2.45, 2.75) is 19.8 Å². The minimum atomic E-state index is -0.314. The van der Waals surface area contributed by atoms with E-state index in [1.54, 1.807) is 13.0 Å². The number of hydrogen-bond donors (Lipinski definition) is 1. The van der Waals surface area contributed by atoms with Gasteiger partial charge in [0, 0.05) is 28.3 Å². The van der Waals surface area contributed by atoms with Crippen molar-refractivity contribution in [3.63, 3.8) is 0 Å². The fraction of sp³-hybridized carbons (Fsp3) is 0.130. The van der Waals surface area contributed by atoms with Crippen LogP contribution in [0.2, 0.25) is 0 Å². The van der Waals surface area contributed by atoms with Crippen molar-refractivity contribution in [1.29, 1.82) is 0 Å². The van der Waals surface area contributed by atoms with Crippen LogP contribution in [0.15, 0.2) is 71.3 Å². The van der Waals surface area contributed by atoms with E-state index in [1.165, 1.54) is 12.1 Å². The number of aryl methyl sites for hydroxylation is 2. The molecule has 2 aromatic carbocycles. The molecular formula is C23H19BrFN3O. The van der Waals surface area contributed by atoms with Crippen LogP contribution < -0.4 is 5.32 Å². The molecule has 0 radical (unpaired) electrons. The van der Waals surface area contributed by atoms with Crippen LogP contribution in [0, 0.1) is 12.7 Å². The van der Waals surface area contributed by atoms with E-state index in [0.29, 0.717) is 24.1 Å². The van der Waals surface area contributed by atoms with Gasteiger partial charge >= 0.3 is 0 Å². The van der Waals surface area contributed by atoms with E-state index < -0.39 is 0 Å². The first-order valence-corrected chi connectivity index (χ1v) is 10.1. The van der Waals surface area contributed by atoms with Crippen molar-refractivity contribution in [2.24, 2.45) is 0 Å². The molecule has 0 saturated carbocycles. The number of benzene rings is 2. The maximum absolute atomic E-state index is 13.3. The van der Waals surface area contributed by atoms with Gasteiger partial charge in [0.2, 0.25) is 5.91 Å². The number of hydrogen-bond acceptors (Lipinski definition) is 2. The molecule has 2 aromatic heterocycles. The van der Waals surface area contributed by atoms with Crippen LogP contribution in [0.5, 0.6) is 0 Å². The van der Waals surface area contributed by atoms with E-state index in [1.807, 2.05) is 53.1 Å². The summed E-state index contributed by atoms with van der Waals surface area (Å²) >= 11 is 3.46. The molecule has 6 heteroatoms. The molecule has 2 heterocycles. The third-order valence-corrected chi connectivity index (χ3v) is 5.33. The second kappa shape index (κ2) is 8.17. The number of aromatic nitrogens is 2. The first kappa shape index (κ1) is 19.3. The zero-order valence-electron chi connectivity index (χ0n) is 15.8. The number of imidazole rings is 1. The summed E-state index contributed by atoms with van der Waals surface area (Å²) in [6.45, 7) is 1.77. The molecule has 0 saturated heterocycles. The van der Waals surface area contributed by atoms with Crippen LogP contribution in [-0.4, -0.2) is 15.3 Å². The number of amides is 1. The Labute approximate surface area is 176 Å². The number of fused-ring (bicyclic) bond motifs is 1. The predicted octanol–water partition coefficient (Wildman–Crippen LogP) is 5.78. The van der Waals surface area contributed by atoms with Gasteiger partial charge in [-0.05, 0) is 61.4 Å². The van der Waals surface area contributed by atoms with Gasteiger partial charge < -0.3 is 9.72 Å². The summed E-state index contributed by atoms with van der Waals surface area (Å²) in [5, 5.41) is 2.87. The van der Waals surface area contributed by atoms with Gasteiger partial charge in [-0.1, -0.05) is 34.1 Å². The number of nitrogens with one attached hydrogen (secondary N) is 1. The smallest absolute Gasteiger partial charge is 0.224 e. The van der Waals surface area contributed by atoms with Crippen molar-refractivity contribution >= 4 is 33.2 Å². The first-order chi connectivity index (χ1) is 14.0. The highest BCUT2D eigenvalue weighted by molar-refractivity contribution is 9.10. The summed E-state index contributed by atoms with van der Waals surface area (Å²) in [4.78, 5) is 17.3. The molecule has 1 amide bonds. The lowest BCUT2D eigenvalue weighted by Gasteiger charge is -2.09. The number of nitrogens with zero attached hydrogens (tertiary/aromatic N) is 2. The van der Waals surface area contributed by atoms with E-state index in [4.69, 9.17) is 4.98 Å². The van der Waals surface area contributed by atoms with Crippen LogP contribution in [0.3, 0.4) is 0 Å². The molecule has 0 atom stereocenters. The quantitative estimate of drug-likeness (QED) is 0.417. The number of halogens is 2. The zero-order valence-corrected chi connectivity index (χ0v) is 17.4. The number of anilines is 1. The van der Waals surface area contributed by atoms with Gasteiger partial charge in [0.15, 0.2) is 0 Å². The van der Waals surface area contributed by atoms with Crippen molar-refractivity contribution in [2.75, 3.05) is 5.32 Å². The van der Waals surface area contributed by atoms with Crippen molar-refractivity contribution in [3.05, 3.63) is 88.4 Å². The second-order valence-electron chi connectivity index (χ2n) is 6.85. The average Bonchev–Trinajstić information content (AvgIpc) is 3.08. The Kier molecular flexibility index (Phi) is 5.45. The van der Waals surface area contributed by atoms with Gasteiger partial charge in [-0.25, -0.2) is 9.37 Å². The van der Waals surface area contributed by atoms with Crippen LogP contribution >= 0.6 is 15.9 Å². The molecule has 0 fully saturated rings. The predicted molar refractivity (Wildman–Crippen MR) is 116 cm³/mol. The molecule has 29 heavy (non-hydrogen) atoms. The fourth-order valence-corrected chi connectivity index (χ4v) is 3.60. The molecule has 1 N–H and O–H groups in total. The maximum Gasteiger partial charge on any atom is 0.224 e. The molecule has 0 unspecified atom stereocenters. The molecule has 0 aliphatic carbocycles. The Morgan fingerprint density at radius 3 is 2.69 bits per heavy atom. The van der Waals surface area contributed by atoms with Gasteiger partial charge in [0.1, 0.15) is 11.5 Å². The summed E-state index contributed by atoms with van der Waals surface area (Å²) in [6, 6.07) is 18.2. The van der Waals surface area contributed by atoms with Gasteiger partial charge in [0.05, 0.1) is 11.4 Å². The standard InChI is InChI=1S/C23H19BrFN3O/c1-15-14-18(25)9-10-19(15)26-22(29)12-11-20-23(16-5-7-17(24)8-6-16)27-21-4-2-3-13-28(20)21/h2-10,13-14H,11-12H2,1H3,(H,26,29). The highest BCUT2D eigenvalue weighted by atomic mass is 79.9. The van der Waals surface area contributed by atoms with Gasteiger partial charge in [0.25, 0.3) is 0 Å². The molecule has 4 aromatic rings. The topological polar surface area (TPSA) is 46.4 Å². The molecule has 0 aliphatic heterocycles. The van der Waals surface area contributed by atoms with Crippen molar-refractivity contribution < 1.29 is 9.18 Å². The van der Waals surface area contributed by atoms with E-state index in [2.05, 4.69) is 21.2 Å². The molecule has 146 valence electrons. The maximum atomic E-state index is 13.3. The lowest BCUT2D eigenvalue weighted by molar-refractivity contribution is -0.116. The highest BCUT2D eigenvalue weighted by Gasteiger charge is 2.15. The Hall–Kier alpha value is -2.99. The van der Waals surface area contributed by atoms with E-state index in [-0.39, 0.29) is 11.7 Å². The molecular weight excluding hydrogens is 433 g/mol. The lowest BCUT2D eigenvalue weighted by Crippen LogP contribution is -2.14. The lowest BCUT2D eigenvalue weighted by atomic mass is 10.1. The van der Waals surface area contributed by atoms with Gasteiger partial charge in [-0.2, -0.15) is 0 Å². The number of carbonyl (C=O) groups is 1. The Morgan fingerprint density at radius 1 is 1.14 bits per heavy atom. The monoisotopic (exact) mass is 451 g/mol. The van der Waals surface area contributed by atoms with E-state index in [9.17, 15) is 9.18 Å². The summed E-state index contributed by atoms with van der Waals surface area (Å²) < 4.78 is 16.3. The molecule has 4 rings (SSSR count). The van der Waals surface area contributed by atoms with Crippen LogP contribution in [0.4, 0.5) is 10.1 Å². The van der Waals surface area contributed by atoms with Crippen molar-refractivity contribution in [1.82, 2.24) is 9.38 Å². The Morgan fingerprint density at radius 2 is 1.93 bits per heavy atom.